The summed E-state index contributed by atoms with van der Waals surface area (Å²) in [5.74, 6) is 5.20. The molecule has 0 amide bonds. The van der Waals surface area contributed by atoms with Crippen molar-refractivity contribution in [3.8, 4) is 0 Å². The van der Waals surface area contributed by atoms with Crippen molar-refractivity contribution in [2.75, 3.05) is 11.5 Å². The molecular weight excluding hydrogens is 200 g/mol. The molecule has 0 aromatic heterocycles. The zero-order chi connectivity index (χ0) is 11.3. The van der Waals surface area contributed by atoms with Crippen LogP contribution in [-0.4, -0.2) is 21.5 Å². The Morgan fingerprint density at radius 1 is 1.13 bits per heavy atom. The third-order valence-corrected chi connectivity index (χ3v) is 10.9. The van der Waals surface area contributed by atoms with Gasteiger partial charge in [-0.3, -0.25) is 0 Å². The first-order chi connectivity index (χ1) is 7.09. The zero-order valence-electron chi connectivity index (χ0n) is 11.2. The minimum atomic E-state index is -0.119. The normalized spacial score (nSPS) is 37.7. The van der Waals surface area contributed by atoms with Crippen LogP contribution in [0.3, 0.4) is 0 Å². The molecule has 2 rings (SSSR count). The predicted molar refractivity (Wildman–Crippen MR) is 73.0 cm³/mol. The molecule has 1 heteroatoms. The van der Waals surface area contributed by atoms with Crippen LogP contribution in [0, 0.1) is 11.8 Å². The van der Waals surface area contributed by atoms with Crippen molar-refractivity contribution in [1.29, 1.82) is 0 Å². The van der Waals surface area contributed by atoms with E-state index >= 15 is 0 Å². The van der Waals surface area contributed by atoms with Gasteiger partial charge in [0.05, 0.1) is 0 Å². The van der Waals surface area contributed by atoms with Gasteiger partial charge < -0.3 is 0 Å². The largest absolute Gasteiger partial charge is 0.230 e. The van der Waals surface area contributed by atoms with Crippen molar-refractivity contribution in [1.82, 2.24) is 0 Å². The van der Waals surface area contributed by atoms with Gasteiger partial charge in [-0.15, -0.1) is 0 Å². The molecule has 2 aliphatic heterocycles. The summed E-state index contributed by atoms with van der Waals surface area (Å²) in [6.07, 6.45) is 4.37. The van der Waals surface area contributed by atoms with Crippen LogP contribution in [0.15, 0.2) is 0 Å². The van der Waals surface area contributed by atoms with Gasteiger partial charge in [0.15, 0.2) is 0 Å². The molecule has 0 radical (unpaired) electrons. The average molecular weight is 228 g/mol. The third kappa shape index (κ3) is 1.22. The second kappa shape index (κ2) is 3.68. The van der Waals surface area contributed by atoms with Crippen LogP contribution in [0.1, 0.15) is 53.9 Å². The van der Waals surface area contributed by atoms with Crippen LogP contribution in [0.25, 0.3) is 0 Å². The number of hydrogen-bond donors (Lipinski definition) is 0. The fraction of sp³-hybridized carbons (Fsp3) is 1.00. The van der Waals surface area contributed by atoms with Crippen LogP contribution in [-0.2, 0) is 0 Å². The zero-order valence-corrected chi connectivity index (χ0v) is 12.0. The molecule has 0 aromatic carbocycles. The molecule has 2 atom stereocenters. The van der Waals surface area contributed by atoms with Crippen molar-refractivity contribution in [2.24, 2.45) is 11.8 Å². The van der Waals surface area contributed by atoms with E-state index in [0.29, 0.717) is 0 Å². The summed E-state index contributed by atoms with van der Waals surface area (Å²) in [5.41, 5.74) is 0. The maximum absolute atomic E-state index is 2.46. The molecule has 0 bridgehead atoms. The Bertz CT molecular complexity index is 236. The lowest BCUT2D eigenvalue weighted by molar-refractivity contribution is 0.220. The summed E-state index contributed by atoms with van der Waals surface area (Å²) in [6.45, 7) is 12.3. The van der Waals surface area contributed by atoms with Gasteiger partial charge in [-0.05, 0) is 47.9 Å². The standard InChI is InChI=1S/C14H28S/c1-6-12-13(11(4)5)14(7-2,8-3)15(12)9-10-15/h11-13H,6-10H2,1-5H3. The van der Waals surface area contributed by atoms with Crippen molar-refractivity contribution >= 4 is 10.0 Å². The maximum atomic E-state index is 2.46. The third-order valence-electron chi connectivity index (χ3n) is 5.36. The Kier molecular flexibility index (Phi) is 2.90. The summed E-state index contributed by atoms with van der Waals surface area (Å²) in [6, 6.07) is 0. The predicted octanol–water partition coefficient (Wildman–Crippen LogP) is 4.43. The van der Waals surface area contributed by atoms with Gasteiger partial charge in [0.25, 0.3) is 0 Å². The molecule has 0 N–H and O–H groups in total. The van der Waals surface area contributed by atoms with E-state index in [9.17, 15) is 0 Å². The summed E-state index contributed by atoms with van der Waals surface area (Å²) < 4.78 is 0.807. The van der Waals surface area contributed by atoms with Gasteiger partial charge in [-0.2, -0.15) is 0 Å². The molecule has 0 nitrogen and oxygen atoms in total. The Labute approximate surface area is 97.5 Å². The van der Waals surface area contributed by atoms with E-state index in [1.54, 1.807) is 11.5 Å². The van der Waals surface area contributed by atoms with Gasteiger partial charge in [0.1, 0.15) is 0 Å². The minimum absolute atomic E-state index is 0.119. The highest BCUT2D eigenvalue weighted by molar-refractivity contribution is 8.42. The minimum Gasteiger partial charge on any atom is -0.230 e. The van der Waals surface area contributed by atoms with E-state index in [1.165, 1.54) is 19.3 Å². The van der Waals surface area contributed by atoms with Crippen LogP contribution in [0.2, 0.25) is 0 Å². The first-order valence-corrected chi connectivity index (χ1v) is 8.90. The molecule has 2 fully saturated rings. The highest BCUT2D eigenvalue weighted by Crippen LogP contribution is 2.88. The summed E-state index contributed by atoms with van der Waals surface area (Å²) in [7, 11) is -0.119. The van der Waals surface area contributed by atoms with Crippen molar-refractivity contribution < 1.29 is 0 Å². The van der Waals surface area contributed by atoms with Crippen molar-refractivity contribution in [3.63, 3.8) is 0 Å². The highest BCUT2D eigenvalue weighted by atomic mass is 32.3. The van der Waals surface area contributed by atoms with Crippen molar-refractivity contribution in [3.05, 3.63) is 0 Å². The topological polar surface area (TPSA) is 0 Å². The highest BCUT2D eigenvalue weighted by Gasteiger charge is 2.70. The lowest BCUT2D eigenvalue weighted by Crippen LogP contribution is -2.59. The van der Waals surface area contributed by atoms with Gasteiger partial charge in [-0.25, -0.2) is 10.0 Å². The van der Waals surface area contributed by atoms with E-state index in [-0.39, 0.29) is 10.0 Å². The molecule has 90 valence electrons. The second-order valence-corrected chi connectivity index (χ2v) is 9.96. The molecule has 0 saturated carbocycles. The quantitative estimate of drug-likeness (QED) is 0.625. The monoisotopic (exact) mass is 228 g/mol. The molecule has 2 saturated heterocycles. The first-order valence-electron chi connectivity index (χ1n) is 6.86. The van der Waals surface area contributed by atoms with E-state index in [1.807, 2.05) is 0 Å². The maximum Gasteiger partial charge on any atom is 0.00411 e. The fourth-order valence-electron chi connectivity index (χ4n) is 4.82. The van der Waals surface area contributed by atoms with Crippen LogP contribution in [0.4, 0.5) is 0 Å². The molecule has 2 heterocycles. The van der Waals surface area contributed by atoms with E-state index < -0.39 is 0 Å². The molecule has 0 aliphatic carbocycles. The second-order valence-electron chi connectivity index (χ2n) is 5.84. The summed E-state index contributed by atoms with van der Waals surface area (Å²) in [4.78, 5) is 0. The average Bonchev–Trinajstić information content (AvgIpc) is 2.98. The Morgan fingerprint density at radius 3 is 1.93 bits per heavy atom. The smallest absolute Gasteiger partial charge is 0.00411 e. The van der Waals surface area contributed by atoms with Gasteiger partial charge in [0, 0.05) is 4.75 Å². The van der Waals surface area contributed by atoms with E-state index in [4.69, 9.17) is 0 Å². The summed E-state index contributed by atoms with van der Waals surface area (Å²) >= 11 is 0. The van der Waals surface area contributed by atoms with Crippen LogP contribution in [0.5, 0.6) is 0 Å². The molecular formula is C14H28S. The SMILES string of the molecule is CCC1C(C(C)C)C(CC)(CC)S12CC2. The molecule has 2 unspecified atom stereocenters. The van der Waals surface area contributed by atoms with Crippen LogP contribution < -0.4 is 0 Å². The van der Waals surface area contributed by atoms with Gasteiger partial charge in [-0.1, -0.05) is 34.6 Å². The lowest BCUT2D eigenvalue weighted by Gasteiger charge is -2.68. The van der Waals surface area contributed by atoms with E-state index in [2.05, 4.69) is 34.6 Å². The lowest BCUT2D eigenvalue weighted by atomic mass is 9.75. The Hall–Kier alpha value is 0.350. The van der Waals surface area contributed by atoms with E-state index in [0.717, 1.165) is 21.8 Å². The molecule has 0 aromatic rings. The fourth-order valence-corrected chi connectivity index (χ4v) is 11.2. The molecule has 1 spiro atoms. The Morgan fingerprint density at radius 2 is 1.67 bits per heavy atom. The summed E-state index contributed by atoms with van der Waals surface area (Å²) in [5, 5.41) is 1.14. The van der Waals surface area contributed by atoms with Crippen LogP contribution >= 0.6 is 10.0 Å². The molecule has 2 aliphatic rings. The first kappa shape index (κ1) is 11.8. The van der Waals surface area contributed by atoms with Gasteiger partial charge in [0.2, 0.25) is 0 Å². The molecule has 15 heavy (non-hydrogen) atoms. The van der Waals surface area contributed by atoms with Gasteiger partial charge >= 0.3 is 0 Å². The number of rotatable bonds is 4. The van der Waals surface area contributed by atoms with Crippen molar-refractivity contribution in [2.45, 2.75) is 63.9 Å². The Balaban J connectivity index is 2.28. The number of hydrogen-bond acceptors (Lipinski definition) is 0.